The minimum atomic E-state index is -1.46. The highest BCUT2D eigenvalue weighted by molar-refractivity contribution is 6.18. The number of amides is 1. The number of carbonyl (C=O) groups is 1. The molecule has 5 aromatic rings. The third-order valence-corrected chi connectivity index (χ3v) is 13.1. The van der Waals surface area contributed by atoms with Crippen LogP contribution in [0.1, 0.15) is 62.0 Å². The average Bonchev–Trinajstić information content (AvgIpc) is 3.31. The molecule has 2 aliphatic carbocycles. The zero-order chi connectivity index (χ0) is 43.8. The van der Waals surface area contributed by atoms with E-state index in [0.29, 0.717) is 35.8 Å². The summed E-state index contributed by atoms with van der Waals surface area (Å²) in [5.41, 5.74) is 3.53. The first-order valence-electron chi connectivity index (χ1n) is 22.2. The Labute approximate surface area is 374 Å². The lowest BCUT2D eigenvalue weighted by Crippen LogP contribution is -2.70. The van der Waals surface area contributed by atoms with Crippen LogP contribution in [0.5, 0.6) is 17.2 Å². The van der Waals surface area contributed by atoms with Gasteiger partial charge in [0.15, 0.2) is 0 Å². The highest BCUT2D eigenvalue weighted by Gasteiger charge is 2.65. The fraction of sp³-hybridized carbons (Fsp3) is 0.385. The lowest BCUT2D eigenvalue weighted by Gasteiger charge is -2.59. The summed E-state index contributed by atoms with van der Waals surface area (Å²) in [7, 11) is 1.54. The highest BCUT2D eigenvalue weighted by Crippen LogP contribution is 2.62. The SMILES string of the molecule is C=CCO[C@@]12Oc3ccc(Oc4ccc5ccccc5c4)cc3[C@H]3[C@H](CCCCO)[C@@H](CCCCO)C=C(C(=NOC)C[C@@H]1N(Cc1cccc4ccccc14)C(=O)OCCCl)[C@H]32. The van der Waals surface area contributed by atoms with Crippen molar-refractivity contribution in [2.45, 2.75) is 69.2 Å². The average molecular weight is 873 g/mol. The number of rotatable bonds is 19. The van der Waals surface area contributed by atoms with E-state index >= 15 is 0 Å². The van der Waals surface area contributed by atoms with Crippen molar-refractivity contribution >= 4 is 45.0 Å². The van der Waals surface area contributed by atoms with Crippen LogP contribution in [-0.2, 0) is 20.9 Å². The number of hydrogen-bond acceptors (Lipinski definition) is 9. The van der Waals surface area contributed by atoms with Crippen LogP contribution < -0.4 is 9.47 Å². The van der Waals surface area contributed by atoms with Gasteiger partial charge in [-0.1, -0.05) is 103 Å². The number of fused-ring (bicyclic) bond motifs is 4. The van der Waals surface area contributed by atoms with Gasteiger partial charge in [0.05, 0.1) is 30.7 Å². The van der Waals surface area contributed by atoms with E-state index in [2.05, 4.69) is 55.1 Å². The number of alkyl halides is 1. The minimum Gasteiger partial charge on any atom is -0.459 e. The molecule has 0 radical (unpaired) electrons. The first kappa shape index (κ1) is 44.2. The number of nitrogens with zero attached hydrogens (tertiary/aromatic N) is 2. The molecule has 0 saturated heterocycles. The van der Waals surface area contributed by atoms with Crippen molar-refractivity contribution in [2.75, 3.05) is 39.4 Å². The molecule has 5 aromatic carbocycles. The van der Waals surface area contributed by atoms with E-state index in [-0.39, 0.29) is 63.0 Å². The van der Waals surface area contributed by atoms with E-state index in [4.69, 9.17) is 40.5 Å². The fourth-order valence-electron chi connectivity index (χ4n) is 10.3. The summed E-state index contributed by atoms with van der Waals surface area (Å²) in [4.78, 5) is 22.1. The van der Waals surface area contributed by atoms with Gasteiger partial charge in [-0.05, 0) is 101 Å². The van der Waals surface area contributed by atoms with Crippen LogP contribution in [0.4, 0.5) is 4.79 Å². The molecule has 8 rings (SSSR count). The van der Waals surface area contributed by atoms with Gasteiger partial charge in [0.25, 0.3) is 0 Å². The second-order valence-corrected chi connectivity index (χ2v) is 17.0. The first-order valence-corrected chi connectivity index (χ1v) is 22.7. The summed E-state index contributed by atoms with van der Waals surface area (Å²) in [5, 5.41) is 28.9. The van der Waals surface area contributed by atoms with Crippen molar-refractivity contribution in [1.29, 1.82) is 0 Å². The lowest BCUT2D eigenvalue weighted by molar-refractivity contribution is -0.256. The third-order valence-electron chi connectivity index (χ3n) is 12.9. The van der Waals surface area contributed by atoms with Crippen LogP contribution in [-0.4, -0.2) is 78.2 Å². The van der Waals surface area contributed by atoms with Crippen molar-refractivity contribution in [3.63, 3.8) is 0 Å². The maximum Gasteiger partial charge on any atom is 0.410 e. The van der Waals surface area contributed by atoms with E-state index in [1.165, 1.54) is 0 Å². The summed E-state index contributed by atoms with van der Waals surface area (Å²) in [5.74, 6) is 0.0975. The quantitative estimate of drug-likeness (QED) is 0.0364. The van der Waals surface area contributed by atoms with Gasteiger partial charge >= 0.3 is 6.09 Å². The number of aliphatic hydroxyl groups is 2. The molecule has 3 aliphatic rings. The summed E-state index contributed by atoms with van der Waals surface area (Å²) >= 11 is 6.14. The van der Waals surface area contributed by atoms with Crippen LogP contribution >= 0.6 is 11.6 Å². The Bertz CT molecular complexity index is 2450. The molecular formula is C52H57ClN2O8. The summed E-state index contributed by atoms with van der Waals surface area (Å²) in [6, 6.07) is 33.7. The smallest absolute Gasteiger partial charge is 0.410 e. The van der Waals surface area contributed by atoms with E-state index in [1.54, 1.807) is 18.1 Å². The van der Waals surface area contributed by atoms with E-state index in [0.717, 1.165) is 63.9 Å². The van der Waals surface area contributed by atoms with Gasteiger partial charge in [0, 0.05) is 31.1 Å². The Morgan fingerprint density at radius 3 is 2.41 bits per heavy atom. The lowest BCUT2D eigenvalue weighted by atomic mass is 9.55. The Balaban J connectivity index is 1.33. The maximum atomic E-state index is 14.7. The van der Waals surface area contributed by atoms with Crippen LogP contribution in [0.25, 0.3) is 21.5 Å². The van der Waals surface area contributed by atoms with E-state index in [1.807, 2.05) is 60.7 Å². The zero-order valence-electron chi connectivity index (χ0n) is 35.9. The molecule has 10 nitrogen and oxygen atoms in total. The molecule has 11 heteroatoms. The molecule has 1 heterocycles. The van der Waals surface area contributed by atoms with E-state index in [9.17, 15) is 15.0 Å². The third kappa shape index (κ3) is 9.18. The van der Waals surface area contributed by atoms with Crippen LogP contribution in [0.3, 0.4) is 0 Å². The number of allylic oxidation sites excluding steroid dienone is 1. The number of unbranched alkanes of at least 4 members (excludes halogenated alkanes) is 2. The molecule has 1 fully saturated rings. The molecular weight excluding hydrogens is 816 g/mol. The maximum absolute atomic E-state index is 14.7. The number of benzene rings is 5. The van der Waals surface area contributed by atoms with Gasteiger partial charge in [-0.2, -0.15) is 0 Å². The fourth-order valence-corrected chi connectivity index (χ4v) is 10.4. The molecule has 1 amide bonds. The summed E-state index contributed by atoms with van der Waals surface area (Å²) in [6.07, 6.45) is 8.33. The van der Waals surface area contributed by atoms with Crippen molar-refractivity contribution in [2.24, 2.45) is 22.9 Å². The molecule has 0 bridgehead atoms. The number of aliphatic hydroxyl groups excluding tert-OH is 2. The largest absolute Gasteiger partial charge is 0.459 e. The van der Waals surface area contributed by atoms with Gasteiger partial charge in [-0.25, -0.2) is 4.79 Å². The van der Waals surface area contributed by atoms with Crippen molar-refractivity contribution in [3.8, 4) is 17.2 Å². The minimum absolute atomic E-state index is 0.0159. The molecule has 1 saturated carbocycles. The first-order chi connectivity index (χ1) is 30.9. The molecule has 6 atom stereocenters. The number of hydrogen-bond donors (Lipinski definition) is 2. The van der Waals surface area contributed by atoms with Gasteiger partial charge in [-0.15, -0.1) is 18.2 Å². The normalized spacial score (nSPS) is 23.0. The second kappa shape index (κ2) is 20.4. The number of oxime groups is 1. The Morgan fingerprint density at radius 1 is 0.905 bits per heavy atom. The molecule has 0 unspecified atom stereocenters. The molecule has 0 spiro atoms. The Morgan fingerprint density at radius 2 is 1.63 bits per heavy atom. The van der Waals surface area contributed by atoms with Gasteiger partial charge < -0.3 is 34.0 Å². The number of halogens is 1. The topological polar surface area (TPSA) is 119 Å². The summed E-state index contributed by atoms with van der Waals surface area (Å²) < 4.78 is 27.1. The molecule has 63 heavy (non-hydrogen) atoms. The zero-order valence-corrected chi connectivity index (χ0v) is 36.6. The summed E-state index contributed by atoms with van der Waals surface area (Å²) in [6.45, 7) is 4.59. The predicted molar refractivity (Wildman–Crippen MR) is 248 cm³/mol. The van der Waals surface area contributed by atoms with Crippen LogP contribution in [0.2, 0.25) is 0 Å². The van der Waals surface area contributed by atoms with Crippen molar-refractivity contribution in [3.05, 3.63) is 139 Å². The number of carbonyl (C=O) groups excluding carboxylic acids is 1. The monoisotopic (exact) mass is 872 g/mol. The second-order valence-electron chi connectivity index (χ2n) is 16.6. The Hall–Kier alpha value is -5.39. The standard InChI is InChI=1S/C52H57ClN2O8/c1-3-28-61-52-48(55(51(58)60-29-25-53)34-39-18-12-17-36-14-6-7-19-42(36)39)33-46(54-59-2)44-31-38(16-8-10-26-56)43(20-9-11-27-57)49(50(44)52)45-32-41(23-24-47(45)63-52)62-40-22-21-35-13-4-5-15-37(35)30-40/h3-7,12-15,17-19,21-24,30-32,38,43,48-50,56-57H,1,8-11,16,20,25-29,33-34H2,2H3/t38-,43+,48-,49+,50+,52+/m0/s1. The predicted octanol–water partition coefficient (Wildman–Crippen LogP) is 10.9. The molecule has 1 aliphatic heterocycles. The van der Waals surface area contributed by atoms with Gasteiger partial charge in [0.1, 0.15) is 37.0 Å². The van der Waals surface area contributed by atoms with Gasteiger partial charge in [-0.3, -0.25) is 4.90 Å². The molecule has 330 valence electrons. The Kier molecular flexibility index (Phi) is 14.3. The van der Waals surface area contributed by atoms with Crippen LogP contribution in [0, 0.1) is 17.8 Å². The molecule has 2 N–H and O–H groups in total. The number of ether oxygens (including phenoxy) is 4. The van der Waals surface area contributed by atoms with Crippen LogP contribution in [0.15, 0.2) is 133 Å². The highest BCUT2D eigenvalue weighted by atomic mass is 35.5. The van der Waals surface area contributed by atoms with Crippen molar-refractivity contribution in [1.82, 2.24) is 4.90 Å². The van der Waals surface area contributed by atoms with Gasteiger partial charge in [0.2, 0.25) is 5.79 Å². The van der Waals surface area contributed by atoms with E-state index < -0.39 is 23.8 Å². The molecule has 0 aromatic heterocycles. The van der Waals surface area contributed by atoms with Crippen molar-refractivity contribution < 1.29 is 38.8 Å².